The van der Waals surface area contributed by atoms with Gasteiger partial charge in [-0.2, -0.15) is 0 Å². The molecule has 4 nitrogen and oxygen atoms in total. The first-order valence-corrected chi connectivity index (χ1v) is 5.27. The molecule has 1 aromatic heterocycles. The van der Waals surface area contributed by atoms with Crippen molar-refractivity contribution in [1.29, 1.82) is 0 Å². The molecule has 0 radical (unpaired) electrons. The molecule has 0 atom stereocenters. The minimum Gasteiger partial charge on any atom is -0.392 e. The van der Waals surface area contributed by atoms with Gasteiger partial charge in [0.2, 0.25) is 0 Å². The molecule has 0 aliphatic carbocycles. The first kappa shape index (κ1) is 10.5. The van der Waals surface area contributed by atoms with E-state index in [9.17, 15) is 4.79 Å². The maximum Gasteiger partial charge on any atom is 0.290 e. The Morgan fingerprint density at radius 1 is 1.25 bits per heavy atom. The van der Waals surface area contributed by atoms with Crippen LogP contribution in [0.2, 0.25) is 0 Å². The smallest absolute Gasteiger partial charge is 0.290 e. The van der Waals surface area contributed by atoms with E-state index in [2.05, 4.69) is 0 Å². The predicted octanol–water partition coefficient (Wildman–Crippen LogP) is 1.46. The molecule has 84 valence electrons. The number of anilines is 1. The average molecular weight is 217 g/mol. The molecule has 2 rings (SSSR count). The van der Waals surface area contributed by atoms with Crippen LogP contribution < -0.4 is 11.3 Å². The summed E-state index contributed by atoms with van der Waals surface area (Å²) in [6, 6.07) is 9.73. The summed E-state index contributed by atoms with van der Waals surface area (Å²) in [5.74, 6) is 0. The van der Waals surface area contributed by atoms with Crippen LogP contribution in [-0.2, 0) is 13.6 Å². The Hall–Kier alpha value is -1.97. The van der Waals surface area contributed by atoms with E-state index in [1.165, 1.54) is 0 Å². The molecule has 0 bridgehead atoms. The van der Waals surface area contributed by atoms with E-state index >= 15 is 0 Å². The largest absolute Gasteiger partial charge is 0.392 e. The van der Waals surface area contributed by atoms with Gasteiger partial charge >= 0.3 is 0 Å². The highest BCUT2D eigenvalue weighted by Crippen LogP contribution is 2.23. The van der Waals surface area contributed by atoms with Crippen LogP contribution in [0, 0.1) is 0 Å². The van der Waals surface area contributed by atoms with E-state index in [4.69, 9.17) is 5.73 Å². The van der Waals surface area contributed by atoms with Gasteiger partial charge in [-0.25, -0.2) is 0 Å². The molecule has 1 heterocycles. The Labute approximate surface area is 93.9 Å². The fraction of sp³-hybridized carbons (Fsp3) is 0.250. The average Bonchev–Trinajstić information content (AvgIpc) is 2.54. The number of hydrogen-bond acceptors (Lipinski definition) is 2. The van der Waals surface area contributed by atoms with Crippen molar-refractivity contribution < 1.29 is 0 Å². The quantitative estimate of drug-likeness (QED) is 0.827. The van der Waals surface area contributed by atoms with E-state index in [0.29, 0.717) is 12.2 Å². The van der Waals surface area contributed by atoms with Crippen molar-refractivity contribution in [3.8, 4) is 11.3 Å². The molecular weight excluding hydrogens is 202 g/mol. The maximum atomic E-state index is 11.8. The van der Waals surface area contributed by atoms with Gasteiger partial charge in [-0.1, -0.05) is 30.3 Å². The van der Waals surface area contributed by atoms with Crippen molar-refractivity contribution >= 4 is 5.69 Å². The van der Waals surface area contributed by atoms with Crippen molar-refractivity contribution in [3.05, 3.63) is 40.7 Å². The zero-order chi connectivity index (χ0) is 11.7. The highest BCUT2D eigenvalue weighted by molar-refractivity contribution is 5.72. The second-order valence-corrected chi connectivity index (χ2v) is 3.67. The molecular formula is C12H15N3O. The zero-order valence-corrected chi connectivity index (χ0v) is 9.47. The lowest BCUT2D eigenvalue weighted by molar-refractivity contribution is 0.528. The van der Waals surface area contributed by atoms with E-state index < -0.39 is 0 Å². The molecule has 2 aromatic rings. The summed E-state index contributed by atoms with van der Waals surface area (Å²) in [6.45, 7) is 2.71. The molecule has 0 aliphatic rings. The third-order valence-electron chi connectivity index (χ3n) is 2.75. The van der Waals surface area contributed by atoms with E-state index in [1.54, 1.807) is 11.7 Å². The van der Waals surface area contributed by atoms with E-state index in [-0.39, 0.29) is 5.56 Å². The first-order chi connectivity index (χ1) is 7.66. The van der Waals surface area contributed by atoms with Crippen LogP contribution in [-0.4, -0.2) is 9.36 Å². The summed E-state index contributed by atoms with van der Waals surface area (Å²) in [5.41, 5.74) is 7.81. The van der Waals surface area contributed by atoms with Crippen LogP contribution >= 0.6 is 0 Å². The van der Waals surface area contributed by atoms with Crippen LogP contribution in [0.1, 0.15) is 6.92 Å². The Kier molecular flexibility index (Phi) is 2.56. The van der Waals surface area contributed by atoms with Crippen molar-refractivity contribution in [2.24, 2.45) is 7.05 Å². The lowest BCUT2D eigenvalue weighted by Gasteiger charge is -2.09. The Morgan fingerprint density at radius 3 is 2.44 bits per heavy atom. The summed E-state index contributed by atoms with van der Waals surface area (Å²) in [7, 11) is 1.73. The van der Waals surface area contributed by atoms with Crippen molar-refractivity contribution in [1.82, 2.24) is 9.36 Å². The van der Waals surface area contributed by atoms with Gasteiger partial charge in [-0.15, -0.1) is 0 Å². The van der Waals surface area contributed by atoms with Gasteiger partial charge in [0.05, 0.1) is 5.69 Å². The zero-order valence-electron chi connectivity index (χ0n) is 9.47. The van der Waals surface area contributed by atoms with Crippen LogP contribution in [0.15, 0.2) is 35.1 Å². The fourth-order valence-corrected chi connectivity index (χ4v) is 1.95. The maximum absolute atomic E-state index is 11.8. The number of nitrogen functional groups attached to an aromatic ring is 1. The van der Waals surface area contributed by atoms with Crippen LogP contribution in [0.4, 0.5) is 5.69 Å². The van der Waals surface area contributed by atoms with Gasteiger partial charge in [0.15, 0.2) is 0 Å². The van der Waals surface area contributed by atoms with Gasteiger partial charge in [-0.05, 0) is 6.92 Å². The predicted molar refractivity (Wildman–Crippen MR) is 65.2 cm³/mol. The second-order valence-electron chi connectivity index (χ2n) is 3.67. The molecule has 0 amide bonds. The van der Waals surface area contributed by atoms with E-state index in [0.717, 1.165) is 11.3 Å². The summed E-state index contributed by atoms with van der Waals surface area (Å²) in [6.07, 6.45) is 0. The monoisotopic (exact) mass is 217 g/mol. The molecule has 0 saturated carbocycles. The molecule has 16 heavy (non-hydrogen) atoms. The van der Waals surface area contributed by atoms with Gasteiger partial charge in [0, 0.05) is 19.2 Å². The topological polar surface area (TPSA) is 52.9 Å². The molecule has 2 N–H and O–H groups in total. The number of hydrogen-bond donors (Lipinski definition) is 1. The molecule has 0 unspecified atom stereocenters. The lowest BCUT2D eigenvalue weighted by atomic mass is 10.1. The number of aromatic nitrogens is 2. The minimum atomic E-state index is -0.138. The summed E-state index contributed by atoms with van der Waals surface area (Å²) in [5, 5.41) is 0. The summed E-state index contributed by atoms with van der Waals surface area (Å²) < 4.78 is 3.44. The lowest BCUT2D eigenvalue weighted by Crippen LogP contribution is -2.19. The Balaban J connectivity index is 2.75. The summed E-state index contributed by atoms with van der Waals surface area (Å²) >= 11 is 0. The van der Waals surface area contributed by atoms with Crippen molar-refractivity contribution in [3.63, 3.8) is 0 Å². The van der Waals surface area contributed by atoms with E-state index in [1.807, 2.05) is 41.9 Å². The minimum absolute atomic E-state index is 0.138. The highest BCUT2D eigenvalue weighted by atomic mass is 16.1. The SMILES string of the molecule is CCn1c(-c2ccccc2)c(N)c(=O)n1C. The molecule has 0 fully saturated rings. The number of rotatable bonds is 2. The third kappa shape index (κ3) is 1.43. The van der Waals surface area contributed by atoms with Crippen LogP contribution in [0.25, 0.3) is 11.3 Å². The Bertz CT molecular complexity index is 552. The standard InChI is InChI=1S/C12H15N3O/c1-3-15-11(9-7-5-4-6-8-9)10(13)12(16)14(15)2/h4-8H,3,13H2,1-2H3. The number of benzene rings is 1. The van der Waals surface area contributed by atoms with Crippen LogP contribution in [0.5, 0.6) is 0 Å². The van der Waals surface area contributed by atoms with Crippen molar-refractivity contribution in [2.45, 2.75) is 13.5 Å². The second kappa shape index (κ2) is 3.89. The highest BCUT2D eigenvalue weighted by Gasteiger charge is 2.15. The summed E-state index contributed by atoms with van der Waals surface area (Å²) in [4.78, 5) is 11.8. The van der Waals surface area contributed by atoms with Crippen molar-refractivity contribution in [2.75, 3.05) is 5.73 Å². The Morgan fingerprint density at radius 2 is 1.88 bits per heavy atom. The van der Waals surface area contributed by atoms with Gasteiger partial charge < -0.3 is 5.73 Å². The molecule has 1 aromatic carbocycles. The third-order valence-corrected chi connectivity index (χ3v) is 2.75. The normalized spacial score (nSPS) is 10.6. The first-order valence-electron chi connectivity index (χ1n) is 5.27. The molecule has 0 aliphatic heterocycles. The van der Waals surface area contributed by atoms with Crippen LogP contribution in [0.3, 0.4) is 0 Å². The molecule has 4 heteroatoms. The van der Waals surface area contributed by atoms with Gasteiger partial charge in [0.25, 0.3) is 5.56 Å². The molecule has 0 saturated heterocycles. The molecule has 0 spiro atoms. The number of nitrogens with zero attached hydrogens (tertiary/aromatic N) is 2. The van der Waals surface area contributed by atoms with Gasteiger partial charge in [-0.3, -0.25) is 14.2 Å². The number of nitrogens with two attached hydrogens (primary N) is 1. The van der Waals surface area contributed by atoms with Gasteiger partial charge in [0.1, 0.15) is 5.69 Å². The fourth-order valence-electron chi connectivity index (χ4n) is 1.95.